The van der Waals surface area contributed by atoms with E-state index in [1.807, 2.05) is 42.5 Å². The van der Waals surface area contributed by atoms with Gasteiger partial charge < -0.3 is 14.5 Å². The fourth-order valence-corrected chi connectivity index (χ4v) is 4.04. The second-order valence-electron chi connectivity index (χ2n) is 7.82. The average Bonchev–Trinajstić information content (AvgIpc) is 3.51. The lowest BCUT2D eigenvalue weighted by Crippen LogP contribution is -2.36. The first-order valence-corrected chi connectivity index (χ1v) is 10.9. The molecule has 3 aromatic rings. The number of amides is 1. The van der Waals surface area contributed by atoms with E-state index in [0.29, 0.717) is 25.3 Å². The summed E-state index contributed by atoms with van der Waals surface area (Å²) in [5.41, 5.74) is 2.15. The lowest BCUT2D eigenvalue weighted by Gasteiger charge is -2.28. The molecule has 2 heterocycles. The van der Waals surface area contributed by atoms with Crippen molar-refractivity contribution in [2.45, 2.75) is 31.7 Å². The summed E-state index contributed by atoms with van der Waals surface area (Å²) in [6.07, 6.45) is 4.94. The van der Waals surface area contributed by atoms with E-state index < -0.39 is 0 Å². The Kier molecular flexibility index (Phi) is 6.99. The molecule has 6 nitrogen and oxygen atoms in total. The van der Waals surface area contributed by atoms with Crippen LogP contribution in [0.3, 0.4) is 0 Å². The molecule has 1 aliphatic rings. The summed E-state index contributed by atoms with van der Waals surface area (Å²) in [5, 5.41) is 3.11. The van der Waals surface area contributed by atoms with Gasteiger partial charge in [0.15, 0.2) is 11.7 Å². The first kappa shape index (κ1) is 21.1. The van der Waals surface area contributed by atoms with Gasteiger partial charge in [-0.25, -0.2) is 4.98 Å². The zero-order valence-electron chi connectivity index (χ0n) is 17.9. The number of aromatic nitrogens is 1. The van der Waals surface area contributed by atoms with Gasteiger partial charge in [0.2, 0.25) is 5.91 Å². The minimum absolute atomic E-state index is 0.00607. The zero-order chi connectivity index (χ0) is 21.5. The number of rotatable bonds is 9. The van der Waals surface area contributed by atoms with Gasteiger partial charge in [-0.05, 0) is 43.6 Å². The number of methoxy groups -OCH3 is 1. The summed E-state index contributed by atoms with van der Waals surface area (Å²) in [6.45, 7) is 2.68. The average molecular weight is 420 g/mol. The molecule has 1 N–H and O–H groups in total. The Balaban J connectivity index is 1.33. The summed E-state index contributed by atoms with van der Waals surface area (Å²) < 4.78 is 11.2. The number of nitrogens with one attached hydrogen (secondary N) is 1. The maximum absolute atomic E-state index is 12.5. The second-order valence-corrected chi connectivity index (χ2v) is 7.82. The third-order valence-electron chi connectivity index (χ3n) is 5.73. The van der Waals surface area contributed by atoms with Crippen molar-refractivity contribution in [2.24, 2.45) is 0 Å². The summed E-state index contributed by atoms with van der Waals surface area (Å²) >= 11 is 0. The maximum Gasteiger partial charge on any atom is 0.220 e. The van der Waals surface area contributed by atoms with Crippen LogP contribution in [0.15, 0.2) is 65.2 Å². The molecule has 162 valence electrons. The van der Waals surface area contributed by atoms with E-state index in [1.54, 1.807) is 13.3 Å². The van der Waals surface area contributed by atoms with Crippen molar-refractivity contribution in [3.05, 3.63) is 72.2 Å². The molecule has 1 unspecified atom stereocenters. The van der Waals surface area contributed by atoms with Gasteiger partial charge in [0.1, 0.15) is 5.75 Å². The number of carbonyl (C=O) groups is 1. The van der Waals surface area contributed by atoms with Crippen LogP contribution in [0.25, 0.3) is 11.3 Å². The van der Waals surface area contributed by atoms with Crippen LogP contribution < -0.4 is 10.1 Å². The number of oxazole rings is 1. The number of aryl methyl sites for hydroxylation is 1. The number of nitrogens with zero attached hydrogens (tertiary/aromatic N) is 2. The number of carbonyl (C=O) groups excluding carboxylic acids is 1. The SMILES string of the molecule is COc1cccc(C(CNC(=O)CCc2ncc(-c3ccccc3)o2)N2CCCC2)c1. The topological polar surface area (TPSA) is 67.6 Å². The summed E-state index contributed by atoms with van der Waals surface area (Å²) in [6, 6.07) is 18.1. The van der Waals surface area contributed by atoms with E-state index in [1.165, 1.54) is 18.4 Å². The lowest BCUT2D eigenvalue weighted by atomic mass is 10.0. The normalized spacial score (nSPS) is 15.0. The highest BCUT2D eigenvalue weighted by Gasteiger charge is 2.24. The molecule has 0 radical (unpaired) electrons. The molecule has 4 rings (SSSR count). The minimum Gasteiger partial charge on any atom is -0.497 e. The second kappa shape index (κ2) is 10.3. The Morgan fingerprint density at radius 3 is 2.74 bits per heavy atom. The number of ether oxygens (including phenoxy) is 1. The maximum atomic E-state index is 12.5. The number of likely N-dealkylation sites (tertiary alicyclic amines) is 1. The van der Waals surface area contributed by atoms with Crippen LogP contribution in [0.1, 0.15) is 36.8 Å². The molecule has 6 heteroatoms. The Morgan fingerprint density at radius 1 is 1.16 bits per heavy atom. The van der Waals surface area contributed by atoms with Gasteiger partial charge in [-0.1, -0.05) is 42.5 Å². The summed E-state index contributed by atoms with van der Waals surface area (Å²) in [4.78, 5) is 19.3. The molecule has 1 saturated heterocycles. The third kappa shape index (κ3) is 5.52. The summed E-state index contributed by atoms with van der Waals surface area (Å²) in [7, 11) is 1.68. The van der Waals surface area contributed by atoms with Crippen molar-refractivity contribution in [3.8, 4) is 17.1 Å². The molecule has 1 aliphatic heterocycles. The largest absolute Gasteiger partial charge is 0.497 e. The molecule has 1 atom stereocenters. The standard InChI is InChI=1S/C25H29N3O3/c1-30-21-11-7-10-20(16-21)22(28-14-5-6-15-28)17-26-24(29)12-13-25-27-18-23(31-25)19-8-3-2-4-9-19/h2-4,7-11,16,18,22H,5-6,12-15,17H2,1H3,(H,26,29). The van der Waals surface area contributed by atoms with Gasteiger partial charge in [0.25, 0.3) is 0 Å². The third-order valence-corrected chi connectivity index (χ3v) is 5.73. The molecule has 0 bridgehead atoms. The molecular weight excluding hydrogens is 390 g/mol. The van der Waals surface area contributed by atoms with Gasteiger partial charge >= 0.3 is 0 Å². The first-order valence-electron chi connectivity index (χ1n) is 10.9. The Hall–Kier alpha value is -3.12. The summed E-state index contributed by atoms with van der Waals surface area (Å²) in [5.74, 6) is 2.15. The fraction of sp³-hybridized carbons (Fsp3) is 0.360. The van der Waals surface area contributed by atoms with Gasteiger partial charge in [0, 0.05) is 24.9 Å². The van der Waals surface area contributed by atoms with Crippen molar-refractivity contribution in [2.75, 3.05) is 26.7 Å². The number of hydrogen-bond donors (Lipinski definition) is 1. The van der Waals surface area contributed by atoms with Crippen molar-refractivity contribution < 1.29 is 13.9 Å². The van der Waals surface area contributed by atoms with Crippen LogP contribution >= 0.6 is 0 Å². The van der Waals surface area contributed by atoms with E-state index >= 15 is 0 Å². The zero-order valence-corrected chi connectivity index (χ0v) is 17.9. The molecule has 2 aromatic carbocycles. The highest BCUT2D eigenvalue weighted by Crippen LogP contribution is 2.27. The minimum atomic E-state index is 0.00607. The van der Waals surface area contributed by atoms with E-state index in [0.717, 1.165) is 30.2 Å². The molecule has 0 saturated carbocycles. The highest BCUT2D eigenvalue weighted by molar-refractivity contribution is 5.76. The van der Waals surface area contributed by atoms with E-state index in [2.05, 4.69) is 27.3 Å². The van der Waals surface area contributed by atoms with E-state index in [4.69, 9.17) is 9.15 Å². The quantitative estimate of drug-likeness (QED) is 0.562. The van der Waals surface area contributed by atoms with Crippen LogP contribution in [-0.2, 0) is 11.2 Å². The van der Waals surface area contributed by atoms with Gasteiger partial charge in [0.05, 0.1) is 19.3 Å². The lowest BCUT2D eigenvalue weighted by molar-refractivity contribution is -0.121. The first-order chi connectivity index (χ1) is 15.2. The van der Waals surface area contributed by atoms with Gasteiger partial charge in [-0.2, -0.15) is 0 Å². The molecule has 1 aromatic heterocycles. The van der Waals surface area contributed by atoms with Crippen LogP contribution in [0.5, 0.6) is 5.75 Å². The molecule has 1 amide bonds. The molecule has 0 aliphatic carbocycles. The molecule has 31 heavy (non-hydrogen) atoms. The predicted molar refractivity (Wildman–Crippen MR) is 120 cm³/mol. The number of benzene rings is 2. The monoisotopic (exact) mass is 419 g/mol. The molecule has 1 fully saturated rings. The van der Waals surface area contributed by atoms with Crippen LogP contribution in [-0.4, -0.2) is 42.5 Å². The van der Waals surface area contributed by atoms with Crippen molar-refractivity contribution in [1.29, 1.82) is 0 Å². The fourth-order valence-electron chi connectivity index (χ4n) is 4.04. The Bertz CT molecular complexity index is 980. The van der Waals surface area contributed by atoms with Gasteiger partial charge in [-0.3, -0.25) is 9.69 Å². The van der Waals surface area contributed by atoms with Crippen molar-refractivity contribution in [3.63, 3.8) is 0 Å². The predicted octanol–water partition coefficient (Wildman–Crippen LogP) is 4.24. The van der Waals surface area contributed by atoms with Crippen LogP contribution in [0.4, 0.5) is 0 Å². The van der Waals surface area contributed by atoms with Crippen molar-refractivity contribution in [1.82, 2.24) is 15.2 Å². The van der Waals surface area contributed by atoms with E-state index in [-0.39, 0.29) is 11.9 Å². The van der Waals surface area contributed by atoms with Crippen LogP contribution in [0.2, 0.25) is 0 Å². The van der Waals surface area contributed by atoms with Gasteiger partial charge in [-0.15, -0.1) is 0 Å². The number of hydrogen-bond acceptors (Lipinski definition) is 5. The van der Waals surface area contributed by atoms with Crippen molar-refractivity contribution >= 4 is 5.91 Å². The van der Waals surface area contributed by atoms with E-state index in [9.17, 15) is 4.79 Å². The highest BCUT2D eigenvalue weighted by atomic mass is 16.5. The van der Waals surface area contributed by atoms with Crippen LogP contribution in [0, 0.1) is 0 Å². The smallest absolute Gasteiger partial charge is 0.220 e. The molecular formula is C25H29N3O3. The Labute approximate surface area is 183 Å². The molecule has 0 spiro atoms. The Morgan fingerprint density at radius 2 is 1.97 bits per heavy atom.